The van der Waals surface area contributed by atoms with Crippen molar-refractivity contribution in [3.8, 4) is 5.75 Å². The number of nitrogens with zero attached hydrogens (tertiary/aromatic N) is 1. The first-order chi connectivity index (χ1) is 13.3. The van der Waals surface area contributed by atoms with Crippen molar-refractivity contribution in [1.29, 1.82) is 0 Å². The largest absolute Gasteiger partial charge is 0.619 e. The lowest BCUT2D eigenvalue weighted by molar-refractivity contribution is -0.0305. The lowest BCUT2D eigenvalue weighted by Crippen LogP contribution is -2.28. The van der Waals surface area contributed by atoms with Crippen LogP contribution in [-0.4, -0.2) is 27.2 Å². The Morgan fingerprint density at radius 2 is 2.29 bits per heavy atom. The van der Waals surface area contributed by atoms with E-state index < -0.39 is 32.0 Å². The third-order valence-corrected chi connectivity index (χ3v) is 6.25. The molecule has 2 N–H and O–H groups in total. The van der Waals surface area contributed by atoms with Crippen molar-refractivity contribution in [1.82, 2.24) is 9.55 Å². The summed E-state index contributed by atoms with van der Waals surface area (Å²) in [6.45, 7) is 0.0933. The van der Waals surface area contributed by atoms with E-state index in [0.29, 0.717) is 29.2 Å². The molecule has 1 aromatic carbocycles. The van der Waals surface area contributed by atoms with Crippen molar-refractivity contribution in [2.75, 3.05) is 6.61 Å². The molecular formula is C16H16ClFN2O6PS+. The minimum Gasteiger partial charge on any atom is -0.352 e. The van der Waals surface area contributed by atoms with Gasteiger partial charge in [0.1, 0.15) is 24.1 Å². The second-order valence-electron chi connectivity index (χ2n) is 6.31. The standard InChI is InChI=1S/C16H15ClFN2O6PS/c17-10-1-3-13-9(5-10)7-23-27(22,26-13)24-8-11-2-4-14(25-11)20-6-12(18)15(28)19-16(20)21/h1,3,5-6,11,14,22H,2,4,7-8H2/p+1. The van der Waals surface area contributed by atoms with Crippen LogP contribution in [0.4, 0.5) is 4.39 Å². The fourth-order valence-electron chi connectivity index (χ4n) is 2.98. The van der Waals surface area contributed by atoms with Gasteiger partial charge in [-0.15, -0.1) is 9.05 Å². The number of hydrogen-bond donors (Lipinski definition) is 2. The molecule has 0 saturated carbocycles. The first-order valence-electron chi connectivity index (χ1n) is 8.38. The molecule has 0 radical (unpaired) electrons. The minimum absolute atomic E-state index is 0.0102. The quantitative estimate of drug-likeness (QED) is 0.543. The number of nitrogens with one attached hydrogen (secondary N) is 1. The smallest absolute Gasteiger partial charge is 0.352 e. The highest BCUT2D eigenvalue weighted by Gasteiger charge is 2.51. The van der Waals surface area contributed by atoms with Crippen LogP contribution in [-0.2, 0) is 20.4 Å². The van der Waals surface area contributed by atoms with Crippen LogP contribution < -0.4 is 10.2 Å². The monoisotopic (exact) mass is 449 g/mol. The van der Waals surface area contributed by atoms with Crippen LogP contribution >= 0.6 is 32.0 Å². The number of H-pyrrole nitrogens is 1. The van der Waals surface area contributed by atoms with Crippen LogP contribution in [0.25, 0.3) is 0 Å². The Balaban J connectivity index is 1.38. The molecule has 8 nitrogen and oxygen atoms in total. The zero-order chi connectivity index (χ0) is 19.9. The molecule has 1 aromatic heterocycles. The molecule has 4 rings (SSSR count). The van der Waals surface area contributed by atoms with Crippen LogP contribution in [0, 0.1) is 10.5 Å². The second kappa shape index (κ2) is 7.79. The average molecular weight is 450 g/mol. The number of benzene rings is 1. The minimum atomic E-state index is -3.55. The van der Waals surface area contributed by atoms with Crippen LogP contribution in [0.3, 0.4) is 0 Å². The lowest BCUT2D eigenvalue weighted by Gasteiger charge is -2.22. The maximum absolute atomic E-state index is 13.7. The van der Waals surface area contributed by atoms with Crippen LogP contribution in [0.15, 0.2) is 29.2 Å². The number of rotatable bonds is 4. The van der Waals surface area contributed by atoms with Gasteiger partial charge in [0.25, 0.3) is 0 Å². The number of fused-ring (bicyclic) bond motifs is 1. The third-order valence-electron chi connectivity index (χ3n) is 4.36. The lowest BCUT2D eigenvalue weighted by atomic mass is 10.2. The maximum Gasteiger partial charge on any atom is 0.619 e. The first-order valence-corrected chi connectivity index (χ1v) is 10.7. The average Bonchev–Trinajstić information content (AvgIpc) is 3.12. The number of halogens is 2. The molecule has 0 aliphatic carbocycles. The topological polar surface area (TPSA) is 94.9 Å². The summed E-state index contributed by atoms with van der Waals surface area (Å²) in [5, 5.41) is 0.536. The second-order valence-corrected chi connectivity index (χ2v) is 8.80. The number of aromatic nitrogens is 2. The number of aromatic amines is 1. The molecule has 2 aliphatic rings. The predicted molar refractivity (Wildman–Crippen MR) is 101 cm³/mol. The molecule has 3 unspecified atom stereocenters. The SMILES string of the molecule is O=c1[nH]c(=S)c(F)cn1C1CCC(CO[P+]2(O)OCc3cc(Cl)ccc3O2)O1. The highest BCUT2D eigenvalue weighted by atomic mass is 35.5. The Morgan fingerprint density at radius 1 is 1.46 bits per heavy atom. The summed E-state index contributed by atoms with van der Waals surface area (Å²) in [6.07, 6.45) is 0.946. The van der Waals surface area contributed by atoms with E-state index in [1.165, 1.54) is 0 Å². The summed E-state index contributed by atoms with van der Waals surface area (Å²) < 4.78 is 36.6. The van der Waals surface area contributed by atoms with E-state index in [2.05, 4.69) is 4.98 Å². The predicted octanol–water partition coefficient (Wildman–Crippen LogP) is 3.67. The summed E-state index contributed by atoms with van der Waals surface area (Å²) in [7, 11) is -3.55. The van der Waals surface area contributed by atoms with Gasteiger partial charge in [-0.3, -0.25) is 14.1 Å². The molecule has 28 heavy (non-hydrogen) atoms. The molecule has 3 heterocycles. The van der Waals surface area contributed by atoms with Crippen molar-refractivity contribution in [3.05, 3.63) is 55.9 Å². The molecule has 0 spiro atoms. The zero-order valence-corrected chi connectivity index (χ0v) is 16.8. The van der Waals surface area contributed by atoms with E-state index in [-0.39, 0.29) is 17.9 Å². The molecule has 0 bridgehead atoms. The van der Waals surface area contributed by atoms with Gasteiger partial charge in [-0.25, -0.2) is 9.18 Å². The van der Waals surface area contributed by atoms with Gasteiger partial charge in [-0.1, -0.05) is 23.8 Å². The first kappa shape index (κ1) is 19.9. The van der Waals surface area contributed by atoms with Crippen LogP contribution in [0.1, 0.15) is 24.6 Å². The highest BCUT2D eigenvalue weighted by molar-refractivity contribution is 7.71. The summed E-state index contributed by atoms with van der Waals surface area (Å²) in [6, 6.07) is 4.96. The molecule has 0 amide bonds. The van der Waals surface area contributed by atoms with Crippen molar-refractivity contribution in [2.45, 2.75) is 31.8 Å². The van der Waals surface area contributed by atoms with Crippen LogP contribution in [0.5, 0.6) is 5.75 Å². The van der Waals surface area contributed by atoms with E-state index in [0.717, 1.165) is 10.8 Å². The van der Waals surface area contributed by atoms with Gasteiger partial charge in [0.05, 0.1) is 12.3 Å². The summed E-state index contributed by atoms with van der Waals surface area (Å²) in [4.78, 5) is 24.7. The van der Waals surface area contributed by atoms with Crippen molar-refractivity contribution in [2.24, 2.45) is 0 Å². The van der Waals surface area contributed by atoms with Gasteiger partial charge >= 0.3 is 13.9 Å². The van der Waals surface area contributed by atoms with E-state index in [1.807, 2.05) is 0 Å². The fraction of sp³-hybridized carbons (Fsp3) is 0.375. The third kappa shape index (κ3) is 4.13. The Labute approximate surface area is 169 Å². The van der Waals surface area contributed by atoms with E-state index >= 15 is 0 Å². The molecular weight excluding hydrogens is 434 g/mol. The number of hydrogen-bond acceptors (Lipinski definition) is 7. The van der Waals surface area contributed by atoms with Crippen molar-refractivity contribution >= 4 is 32.0 Å². The van der Waals surface area contributed by atoms with Gasteiger partial charge in [-0.2, -0.15) is 4.89 Å². The fourth-order valence-corrected chi connectivity index (χ4v) is 4.58. The van der Waals surface area contributed by atoms with Gasteiger partial charge in [0.15, 0.2) is 11.6 Å². The van der Waals surface area contributed by atoms with Crippen LogP contribution in [0.2, 0.25) is 5.02 Å². The van der Waals surface area contributed by atoms with Gasteiger partial charge in [-0.05, 0) is 31.0 Å². The van der Waals surface area contributed by atoms with E-state index in [1.54, 1.807) is 18.2 Å². The zero-order valence-electron chi connectivity index (χ0n) is 14.3. The van der Waals surface area contributed by atoms with Crippen molar-refractivity contribution < 1.29 is 27.6 Å². The molecule has 12 heteroatoms. The molecule has 2 aliphatic heterocycles. The molecule has 2 aromatic rings. The molecule has 3 atom stereocenters. The highest BCUT2D eigenvalue weighted by Crippen LogP contribution is 2.61. The number of ether oxygens (including phenoxy) is 1. The Kier molecular flexibility index (Phi) is 5.54. The van der Waals surface area contributed by atoms with Crippen molar-refractivity contribution in [3.63, 3.8) is 0 Å². The van der Waals surface area contributed by atoms with Gasteiger partial charge in [0.2, 0.25) is 0 Å². The Hall–Kier alpha value is -1.39. The Morgan fingerprint density at radius 3 is 3.11 bits per heavy atom. The van der Waals surface area contributed by atoms with E-state index in [4.69, 9.17) is 42.1 Å². The summed E-state index contributed by atoms with van der Waals surface area (Å²) in [5.41, 5.74) is 0.152. The maximum atomic E-state index is 13.7. The summed E-state index contributed by atoms with van der Waals surface area (Å²) >= 11 is 10.6. The van der Waals surface area contributed by atoms with Gasteiger partial charge in [0, 0.05) is 10.6 Å². The summed E-state index contributed by atoms with van der Waals surface area (Å²) in [5.74, 6) is -0.265. The van der Waals surface area contributed by atoms with E-state index in [9.17, 15) is 14.1 Å². The molecule has 1 fully saturated rings. The Bertz CT molecular complexity index is 1020. The normalized spacial score (nSPS) is 26.7. The molecule has 150 valence electrons. The van der Waals surface area contributed by atoms with Gasteiger partial charge < -0.3 is 4.74 Å². The molecule has 1 saturated heterocycles.